The first-order valence-corrected chi connectivity index (χ1v) is 22.7. The van der Waals surface area contributed by atoms with Crippen molar-refractivity contribution >= 4 is 11.0 Å². The van der Waals surface area contributed by atoms with E-state index in [9.17, 15) is 2.74 Å². The average Bonchev–Trinajstić information content (AvgIpc) is 3.51. The number of fused-ring (bicyclic) bond motifs is 1. The quantitative estimate of drug-likeness (QED) is 0.135. The van der Waals surface area contributed by atoms with E-state index < -0.39 is 55.7 Å². The molecule has 8 aromatic carbocycles. The maximum atomic E-state index is 9.21. The van der Waals surface area contributed by atoms with Crippen LogP contribution in [0.1, 0.15) is 81.4 Å². The molecule has 0 unspecified atom stereocenters. The zero-order chi connectivity index (χ0) is 59.0. The predicted octanol–water partition coefficient (Wildman–Crippen LogP) is 17.3. The maximum absolute atomic E-state index is 9.21. The second-order valence-corrected chi connectivity index (χ2v) is 18.4. The summed E-state index contributed by atoms with van der Waals surface area (Å²) in [4.78, 5) is 10.4. The molecule has 0 saturated heterocycles. The Morgan fingerprint density at radius 1 is 0.586 bits per heavy atom. The van der Waals surface area contributed by atoms with Crippen molar-refractivity contribution in [3.05, 3.63) is 224 Å². The van der Waals surface area contributed by atoms with Gasteiger partial charge in [0.25, 0.3) is 0 Å². The number of hydrogen-bond donors (Lipinski definition) is 0. The summed E-state index contributed by atoms with van der Waals surface area (Å²) in [6.07, 6.45) is 1.42. The van der Waals surface area contributed by atoms with Gasteiger partial charge in [-0.05, 0) is 111 Å². The molecule has 0 N–H and O–H groups in total. The van der Waals surface area contributed by atoms with Crippen LogP contribution in [0.2, 0.25) is 0 Å². The Bertz CT molecular complexity index is 4030. The SMILES string of the molecule is [2H]c1c([2H])c(C(C([2H])([2H])[2H])(C([2H])([2H])[2H])C([2H])([2H])[2H])c([2H])c([2H])c1-c1ccnc(-c2[c-]c(-c3cccc4c3nc(-c3cc(C)cc(C)c3O[CH2-])n4-c3cc(-c4ccccc4)c(C(C)(C)C)cc3-c3ccccc3)cc(-c3ccccc3)c2)c1.[Pt+2]. The number of pyridine rings is 1. The number of rotatable bonds is 9. The van der Waals surface area contributed by atoms with Gasteiger partial charge in [-0.3, -0.25) is 9.55 Å². The van der Waals surface area contributed by atoms with Crippen LogP contribution in [-0.4, -0.2) is 14.5 Å². The fourth-order valence-corrected chi connectivity index (χ4v) is 9.18. The third-order valence-electron chi connectivity index (χ3n) is 12.4. The van der Waals surface area contributed by atoms with E-state index in [1.54, 1.807) is 6.07 Å². The van der Waals surface area contributed by atoms with E-state index in [4.69, 9.17) is 29.8 Å². The van der Waals surface area contributed by atoms with E-state index in [0.29, 0.717) is 39.5 Å². The van der Waals surface area contributed by atoms with Gasteiger partial charge in [0, 0.05) is 29.8 Å². The number of para-hydroxylation sites is 1. The minimum Gasteiger partial charge on any atom is -0.665 e. The van der Waals surface area contributed by atoms with Crippen molar-refractivity contribution in [2.24, 2.45) is 0 Å². The summed E-state index contributed by atoms with van der Waals surface area (Å²) >= 11 is 0. The molecule has 0 aliphatic heterocycles. The van der Waals surface area contributed by atoms with Gasteiger partial charge in [0.1, 0.15) is 5.82 Å². The van der Waals surface area contributed by atoms with Crippen molar-refractivity contribution in [2.45, 2.75) is 66.0 Å². The Labute approximate surface area is 446 Å². The van der Waals surface area contributed by atoms with E-state index in [0.717, 1.165) is 66.8 Å². The molecule has 0 aliphatic rings. The molecule has 0 spiro atoms. The van der Waals surface area contributed by atoms with E-state index in [2.05, 4.69) is 81.0 Å². The molecule has 0 amide bonds. The maximum Gasteiger partial charge on any atom is 2.00 e. The fourth-order valence-electron chi connectivity index (χ4n) is 9.18. The molecule has 0 aliphatic carbocycles. The summed E-state index contributed by atoms with van der Waals surface area (Å²) in [5.74, 6) is 1.16. The third kappa shape index (κ3) is 9.34. The number of ether oxygens (including phenoxy) is 1. The monoisotopic (exact) mass is 1100 g/mol. The van der Waals surface area contributed by atoms with Crippen LogP contribution in [0.15, 0.2) is 188 Å². The number of benzene rings is 8. The summed E-state index contributed by atoms with van der Waals surface area (Å²) in [6, 6.07) is 51.7. The molecule has 2 heterocycles. The fraction of sp³-hybridized carbons (Fsp3) is 0.154. The van der Waals surface area contributed by atoms with E-state index >= 15 is 0 Å². The Hall–Kier alpha value is -7.13. The summed E-state index contributed by atoms with van der Waals surface area (Å²) in [5.41, 5.74) is 8.36. The van der Waals surface area contributed by atoms with Crippen molar-refractivity contribution < 1.29 is 43.6 Å². The Morgan fingerprint density at radius 3 is 1.87 bits per heavy atom. The Morgan fingerprint density at radius 2 is 1.23 bits per heavy atom. The summed E-state index contributed by atoms with van der Waals surface area (Å²) < 4.78 is 119. The molecule has 10 rings (SSSR count). The van der Waals surface area contributed by atoms with Crippen LogP contribution in [0, 0.1) is 27.0 Å². The van der Waals surface area contributed by atoms with Gasteiger partial charge in [0.15, 0.2) is 0 Å². The number of imidazole rings is 1. The summed E-state index contributed by atoms with van der Waals surface area (Å²) in [6.45, 7) is -0.773. The molecule has 348 valence electrons. The Kier molecular flexibility index (Phi) is 9.45. The van der Waals surface area contributed by atoms with Gasteiger partial charge in [0.2, 0.25) is 0 Å². The van der Waals surface area contributed by atoms with Gasteiger partial charge in [-0.1, -0.05) is 197 Å². The molecule has 10 aromatic rings. The predicted molar refractivity (Wildman–Crippen MR) is 289 cm³/mol. The first-order valence-electron chi connectivity index (χ1n) is 29.2. The van der Waals surface area contributed by atoms with Crippen LogP contribution in [0.5, 0.6) is 5.75 Å². The standard InChI is InChI=1S/C65H57N3O.Pt/c1-42-34-43(2)62(69-9)56(35-42)63-67-61-53(26-19-27-59(61)68(63)60-41-54(46-22-15-11-16-23-46)57(65(6,7)8)40-55(60)47-24-17-12-18-25-47)50-36-49(44-20-13-10-14-21-44)37-51(38-50)58-39-48(32-33-66-58)45-28-30-52(31-29-45)64(3,4)5;/h10-37,39-41H,9H2,1-8H3;/q-2;+2/i3D3,4D3,5D3,28D,29D,30D,31D;. The topological polar surface area (TPSA) is 39.9 Å². The minimum absolute atomic E-state index is 0. The molecular formula is C65H57N3OPt. The van der Waals surface area contributed by atoms with Gasteiger partial charge < -0.3 is 4.74 Å². The van der Waals surface area contributed by atoms with Crippen LogP contribution in [0.3, 0.4) is 0 Å². The molecule has 5 heteroatoms. The van der Waals surface area contributed by atoms with Gasteiger partial charge in [-0.25, -0.2) is 4.98 Å². The van der Waals surface area contributed by atoms with E-state index in [1.165, 1.54) is 12.3 Å². The number of nitrogens with zero attached hydrogens (tertiary/aromatic N) is 3. The van der Waals surface area contributed by atoms with E-state index in [-0.39, 0.29) is 37.6 Å². The molecule has 0 fully saturated rings. The van der Waals surface area contributed by atoms with Gasteiger partial charge >= 0.3 is 21.1 Å². The third-order valence-corrected chi connectivity index (χ3v) is 12.4. The zero-order valence-corrected chi connectivity index (χ0v) is 41.6. The van der Waals surface area contributed by atoms with Crippen molar-refractivity contribution in [3.63, 3.8) is 0 Å². The van der Waals surface area contributed by atoms with E-state index in [1.807, 2.05) is 117 Å². The van der Waals surface area contributed by atoms with Crippen molar-refractivity contribution in [3.8, 4) is 89.7 Å². The summed E-state index contributed by atoms with van der Waals surface area (Å²) in [5, 5.41) is 0. The normalized spacial score (nSPS) is 14.9. The number of aromatic nitrogens is 3. The van der Waals surface area contributed by atoms with Crippen molar-refractivity contribution in [2.75, 3.05) is 0 Å². The second-order valence-electron chi connectivity index (χ2n) is 18.4. The molecule has 2 aromatic heterocycles. The van der Waals surface area contributed by atoms with Crippen molar-refractivity contribution in [1.82, 2.24) is 14.5 Å². The van der Waals surface area contributed by atoms with Gasteiger partial charge in [0.05, 0.1) is 33.5 Å². The number of hydrogen-bond acceptors (Lipinski definition) is 3. The summed E-state index contributed by atoms with van der Waals surface area (Å²) in [7, 11) is 3.92. The van der Waals surface area contributed by atoms with Crippen LogP contribution in [-0.2, 0) is 31.9 Å². The van der Waals surface area contributed by atoms with Gasteiger partial charge in [-0.15, -0.1) is 23.8 Å². The zero-order valence-electron chi connectivity index (χ0n) is 52.4. The molecule has 70 heavy (non-hydrogen) atoms. The van der Waals surface area contributed by atoms with Crippen LogP contribution < -0.4 is 4.74 Å². The van der Waals surface area contributed by atoms with Gasteiger partial charge in [-0.2, -0.15) is 7.11 Å². The second kappa shape index (κ2) is 19.3. The number of aryl methyl sites for hydroxylation is 2. The smallest absolute Gasteiger partial charge is 0.665 e. The first-order chi connectivity index (χ1) is 38.7. The largest absolute Gasteiger partial charge is 2.00 e. The van der Waals surface area contributed by atoms with Crippen LogP contribution in [0.4, 0.5) is 0 Å². The molecule has 0 bridgehead atoms. The van der Waals surface area contributed by atoms with Crippen LogP contribution in [0.25, 0.3) is 95.0 Å². The molecule has 0 atom stereocenters. The van der Waals surface area contributed by atoms with Crippen LogP contribution >= 0.6 is 0 Å². The first kappa shape index (κ1) is 34.2. The molecule has 0 saturated carbocycles. The molecule has 4 nitrogen and oxygen atoms in total. The minimum atomic E-state index is -3.82. The molecular weight excluding hydrogens is 1030 g/mol. The average molecular weight is 1100 g/mol. The molecule has 0 radical (unpaired) electrons. The Balaban J connectivity index is 0.00000828. The van der Waals surface area contributed by atoms with Crippen molar-refractivity contribution in [1.29, 1.82) is 0 Å².